The molecule has 1 aromatic heterocycles. The fourth-order valence-electron chi connectivity index (χ4n) is 2.96. The SMILES string of the molecule is CCNC(=NCC(CC)CC)N1CCN(S(=O)(=O)Cc2ccon2)CC1. The summed E-state index contributed by atoms with van der Waals surface area (Å²) in [4.78, 5) is 6.92. The largest absolute Gasteiger partial charge is 0.364 e. The third-order valence-electron chi connectivity index (χ3n) is 4.74. The number of hydrogen-bond donors (Lipinski definition) is 1. The predicted molar refractivity (Wildman–Crippen MR) is 102 cm³/mol. The van der Waals surface area contributed by atoms with Crippen molar-refractivity contribution in [3.05, 3.63) is 18.0 Å². The van der Waals surface area contributed by atoms with Crippen LogP contribution in [0.25, 0.3) is 0 Å². The van der Waals surface area contributed by atoms with Crippen LogP contribution in [-0.4, -0.2) is 68.0 Å². The lowest BCUT2D eigenvalue weighted by Gasteiger charge is -2.35. The second-order valence-corrected chi connectivity index (χ2v) is 8.48. The van der Waals surface area contributed by atoms with E-state index in [9.17, 15) is 8.42 Å². The highest BCUT2D eigenvalue weighted by Gasteiger charge is 2.29. The molecule has 0 aromatic carbocycles. The number of nitrogens with zero attached hydrogens (tertiary/aromatic N) is 4. The number of sulfonamides is 1. The van der Waals surface area contributed by atoms with Gasteiger partial charge in [-0.1, -0.05) is 31.8 Å². The second-order valence-electron chi connectivity index (χ2n) is 6.51. The third kappa shape index (κ3) is 5.70. The van der Waals surface area contributed by atoms with Crippen molar-refractivity contribution in [2.24, 2.45) is 10.9 Å². The Bertz CT molecular complexity index is 648. The summed E-state index contributed by atoms with van der Waals surface area (Å²) in [7, 11) is -3.38. The van der Waals surface area contributed by atoms with E-state index in [1.165, 1.54) is 10.6 Å². The van der Waals surface area contributed by atoms with Crippen molar-refractivity contribution in [1.82, 2.24) is 19.7 Å². The molecule has 26 heavy (non-hydrogen) atoms. The fraction of sp³-hybridized carbons (Fsp3) is 0.765. The highest BCUT2D eigenvalue weighted by atomic mass is 32.2. The maximum atomic E-state index is 12.5. The van der Waals surface area contributed by atoms with Crippen molar-refractivity contribution >= 4 is 16.0 Å². The number of nitrogens with one attached hydrogen (secondary N) is 1. The second kappa shape index (κ2) is 9.91. The Morgan fingerprint density at radius 3 is 2.50 bits per heavy atom. The van der Waals surface area contributed by atoms with Crippen LogP contribution in [0.5, 0.6) is 0 Å². The highest BCUT2D eigenvalue weighted by Crippen LogP contribution is 2.13. The molecule has 1 aliphatic heterocycles. The van der Waals surface area contributed by atoms with Crippen LogP contribution in [0, 0.1) is 5.92 Å². The van der Waals surface area contributed by atoms with Crippen LogP contribution in [0.3, 0.4) is 0 Å². The van der Waals surface area contributed by atoms with E-state index >= 15 is 0 Å². The zero-order valence-corrected chi connectivity index (χ0v) is 16.8. The normalized spacial score (nSPS) is 17.1. The smallest absolute Gasteiger partial charge is 0.220 e. The minimum Gasteiger partial charge on any atom is -0.364 e. The van der Waals surface area contributed by atoms with E-state index in [4.69, 9.17) is 9.52 Å². The van der Waals surface area contributed by atoms with Gasteiger partial charge in [-0.25, -0.2) is 8.42 Å². The van der Waals surface area contributed by atoms with Crippen molar-refractivity contribution in [1.29, 1.82) is 0 Å². The van der Waals surface area contributed by atoms with E-state index in [2.05, 4.69) is 29.2 Å². The first kappa shape index (κ1) is 20.7. The highest BCUT2D eigenvalue weighted by molar-refractivity contribution is 7.88. The van der Waals surface area contributed by atoms with Crippen LogP contribution in [0.1, 0.15) is 39.3 Å². The molecule has 1 N–H and O–H groups in total. The summed E-state index contributed by atoms with van der Waals surface area (Å²) >= 11 is 0. The summed E-state index contributed by atoms with van der Waals surface area (Å²) in [6.45, 7) is 10.2. The Balaban J connectivity index is 1.95. The van der Waals surface area contributed by atoms with E-state index in [0.717, 1.165) is 31.9 Å². The lowest BCUT2D eigenvalue weighted by atomic mass is 10.0. The summed E-state index contributed by atoms with van der Waals surface area (Å²) in [6.07, 6.45) is 3.63. The fourth-order valence-corrected chi connectivity index (χ4v) is 4.38. The molecule has 148 valence electrons. The van der Waals surface area contributed by atoms with Gasteiger partial charge < -0.3 is 14.7 Å². The summed E-state index contributed by atoms with van der Waals surface area (Å²) in [5.41, 5.74) is 0.438. The van der Waals surface area contributed by atoms with Crippen molar-refractivity contribution in [2.45, 2.75) is 39.4 Å². The molecule has 8 nitrogen and oxygen atoms in total. The molecule has 0 saturated carbocycles. The molecule has 0 unspecified atom stereocenters. The predicted octanol–water partition coefficient (Wildman–Crippen LogP) is 1.52. The summed E-state index contributed by atoms with van der Waals surface area (Å²) in [5.74, 6) is 1.35. The van der Waals surface area contributed by atoms with Crippen LogP contribution in [0.2, 0.25) is 0 Å². The Hall–Kier alpha value is -1.61. The van der Waals surface area contributed by atoms with Gasteiger partial charge in [0.15, 0.2) is 5.96 Å². The number of guanidine groups is 1. The molecule has 2 heterocycles. The molecule has 0 amide bonds. The maximum absolute atomic E-state index is 12.5. The van der Waals surface area contributed by atoms with Gasteiger partial charge in [-0.15, -0.1) is 0 Å². The van der Waals surface area contributed by atoms with Crippen molar-refractivity contribution < 1.29 is 12.9 Å². The Morgan fingerprint density at radius 1 is 1.27 bits per heavy atom. The van der Waals surface area contributed by atoms with E-state index in [1.807, 2.05) is 6.92 Å². The number of hydrogen-bond acceptors (Lipinski definition) is 5. The molecule has 0 aliphatic carbocycles. The summed E-state index contributed by atoms with van der Waals surface area (Å²) in [6, 6.07) is 1.58. The van der Waals surface area contributed by atoms with Crippen LogP contribution >= 0.6 is 0 Å². The lowest BCUT2D eigenvalue weighted by molar-refractivity contribution is 0.259. The van der Waals surface area contributed by atoms with Gasteiger partial charge in [0.2, 0.25) is 10.0 Å². The number of aliphatic imine (C=N–C) groups is 1. The van der Waals surface area contributed by atoms with Gasteiger partial charge in [-0.2, -0.15) is 4.31 Å². The Labute approximate surface area is 156 Å². The van der Waals surface area contributed by atoms with E-state index in [1.54, 1.807) is 6.07 Å². The quantitative estimate of drug-likeness (QED) is 0.539. The molecule has 1 aromatic rings. The Kier molecular flexibility index (Phi) is 7.89. The molecular weight excluding hydrogens is 354 g/mol. The summed E-state index contributed by atoms with van der Waals surface area (Å²) in [5, 5.41) is 7.03. The number of piperazine rings is 1. The average molecular weight is 386 g/mol. The first-order valence-corrected chi connectivity index (χ1v) is 11.0. The lowest BCUT2D eigenvalue weighted by Crippen LogP contribution is -2.54. The first-order valence-electron chi connectivity index (χ1n) is 9.40. The van der Waals surface area contributed by atoms with Gasteiger partial charge in [-0.05, 0) is 12.8 Å². The van der Waals surface area contributed by atoms with E-state index in [-0.39, 0.29) is 5.75 Å². The topological polar surface area (TPSA) is 91.0 Å². The van der Waals surface area contributed by atoms with Crippen LogP contribution < -0.4 is 5.32 Å². The minimum absolute atomic E-state index is 0.119. The first-order chi connectivity index (χ1) is 12.5. The van der Waals surface area contributed by atoms with E-state index in [0.29, 0.717) is 37.8 Å². The van der Waals surface area contributed by atoms with E-state index < -0.39 is 10.0 Å². The molecule has 0 atom stereocenters. The average Bonchev–Trinajstić information content (AvgIpc) is 3.14. The molecule has 0 bridgehead atoms. The van der Waals surface area contributed by atoms with Crippen molar-refractivity contribution in [3.63, 3.8) is 0 Å². The van der Waals surface area contributed by atoms with Gasteiger partial charge >= 0.3 is 0 Å². The standard InChI is InChI=1S/C17H31N5O3S/c1-4-15(5-2)13-19-17(18-6-3)21-8-10-22(11-9-21)26(23,24)14-16-7-12-25-20-16/h7,12,15H,4-6,8-11,13-14H2,1-3H3,(H,18,19). The molecule has 0 spiro atoms. The minimum atomic E-state index is -3.38. The summed E-state index contributed by atoms with van der Waals surface area (Å²) < 4.78 is 31.3. The molecule has 1 saturated heterocycles. The van der Waals surface area contributed by atoms with Crippen LogP contribution in [0.4, 0.5) is 0 Å². The number of aromatic nitrogens is 1. The molecule has 1 fully saturated rings. The third-order valence-corrected chi connectivity index (χ3v) is 6.55. The number of rotatable bonds is 8. The van der Waals surface area contributed by atoms with Crippen LogP contribution in [0.15, 0.2) is 21.8 Å². The molecular formula is C17H31N5O3S. The van der Waals surface area contributed by atoms with Gasteiger partial charge in [0, 0.05) is 45.3 Å². The maximum Gasteiger partial charge on any atom is 0.220 e. The van der Waals surface area contributed by atoms with Gasteiger partial charge in [0.25, 0.3) is 0 Å². The monoisotopic (exact) mass is 385 g/mol. The van der Waals surface area contributed by atoms with Crippen molar-refractivity contribution in [3.8, 4) is 0 Å². The van der Waals surface area contributed by atoms with Crippen LogP contribution in [-0.2, 0) is 15.8 Å². The van der Waals surface area contributed by atoms with Gasteiger partial charge in [-0.3, -0.25) is 4.99 Å². The zero-order valence-electron chi connectivity index (χ0n) is 16.0. The van der Waals surface area contributed by atoms with Gasteiger partial charge in [0.1, 0.15) is 12.0 Å². The Morgan fingerprint density at radius 2 is 1.96 bits per heavy atom. The van der Waals surface area contributed by atoms with Gasteiger partial charge in [0.05, 0.1) is 5.69 Å². The van der Waals surface area contributed by atoms with Crippen molar-refractivity contribution in [2.75, 3.05) is 39.3 Å². The molecule has 2 rings (SSSR count). The molecule has 1 aliphatic rings. The molecule has 0 radical (unpaired) electrons. The molecule has 9 heteroatoms. The zero-order chi connectivity index (χ0) is 19.0.